The quantitative estimate of drug-likeness (QED) is 0.450. The molecule has 13 heavy (non-hydrogen) atoms. The van der Waals surface area contributed by atoms with Crippen molar-refractivity contribution in [2.45, 2.75) is 39.5 Å². The van der Waals surface area contributed by atoms with E-state index in [0.29, 0.717) is 5.75 Å². The summed E-state index contributed by atoms with van der Waals surface area (Å²) in [5.74, 6) is 0.671. The summed E-state index contributed by atoms with van der Waals surface area (Å²) in [5, 5.41) is 0. The zero-order valence-corrected chi connectivity index (χ0v) is 8.57. The lowest BCUT2D eigenvalue weighted by atomic mass is 10.2. The molecule has 0 fully saturated rings. The van der Waals surface area contributed by atoms with Crippen LogP contribution in [0.5, 0.6) is 0 Å². The monoisotopic (exact) mass is 206 g/mol. The first-order valence-corrected chi connectivity index (χ1v) is 5.59. The minimum absolute atomic E-state index is 0. The van der Waals surface area contributed by atoms with E-state index in [2.05, 4.69) is 10.8 Å². The number of allylic oxidation sites excluding steroid dienone is 1. The van der Waals surface area contributed by atoms with Crippen molar-refractivity contribution in [3.63, 3.8) is 0 Å². The van der Waals surface area contributed by atoms with Crippen LogP contribution in [0.1, 0.15) is 39.5 Å². The van der Waals surface area contributed by atoms with E-state index in [1.807, 2.05) is 6.08 Å². The van der Waals surface area contributed by atoms with E-state index in [1.54, 1.807) is 0 Å². The van der Waals surface area contributed by atoms with Gasteiger partial charge in [0.2, 0.25) is 0 Å². The van der Waals surface area contributed by atoms with Crippen LogP contribution in [0.2, 0.25) is 0 Å². The van der Waals surface area contributed by atoms with E-state index in [9.17, 15) is 4.21 Å². The summed E-state index contributed by atoms with van der Waals surface area (Å²) in [4.78, 5) is 0. The van der Waals surface area contributed by atoms with E-state index in [0.717, 1.165) is 19.3 Å². The normalized spacial score (nSPS) is 11.8. The Kier molecular flexibility index (Phi) is 14.0. The van der Waals surface area contributed by atoms with E-state index in [1.165, 1.54) is 20.0 Å². The topological polar surface area (TPSA) is 26.3 Å². The van der Waals surface area contributed by atoms with Crippen LogP contribution in [-0.2, 0) is 15.3 Å². The summed E-state index contributed by atoms with van der Waals surface area (Å²) in [6.07, 6.45) is 7.57. The van der Waals surface area contributed by atoms with Gasteiger partial charge in [0.1, 0.15) is 0 Å². The molecule has 0 saturated carbocycles. The predicted molar refractivity (Wildman–Crippen MR) is 60.0 cm³/mol. The van der Waals surface area contributed by atoms with Gasteiger partial charge >= 0.3 is 0 Å². The Labute approximate surface area is 85.0 Å². The molecule has 2 nitrogen and oxygen atoms in total. The van der Waals surface area contributed by atoms with Crippen molar-refractivity contribution in [3.05, 3.63) is 12.7 Å². The first-order valence-electron chi connectivity index (χ1n) is 4.35. The van der Waals surface area contributed by atoms with Crippen molar-refractivity contribution in [3.8, 4) is 0 Å². The van der Waals surface area contributed by atoms with Gasteiger partial charge in [-0.15, -0.1) is 6.58 Å². The second-order valence-corrected chi connectivity index (χ2v) is 4.02. The van der Waals surface area contributed by atoms with Crippen LogP contribution in [0.15, 0.2) is 12.7 Å². The molecule has 1 atom stereocenters. The maximum atomic E-state index is 10.8. The second-order valence-electron chi connectivity index (χ2n) is 2.67. The van der Waals surface area contributed by atoms with E-state index < -0.39 is 11.1 Å². The number of hydrogen-bond donors (Lipinski definition) is 0. The third-order valence-corrected chi connectivity index (χ3v) is 2.65. The Morgan fingerprint density at radius 3 is 2.46 bits per heavy atom. The van der Waals surface area contributed by atoms with Crippen LogP contribution in [0.3, 0.4) is 0 Å². The fraction of sp³-hybridized carbons (Fsp3) is 0.800. The highest BCUT2D eigenvalue weighted by molar-refractivity contribution is 7.80. The Hall–Kier alpha value is -0.150. The standard InChI is InChI=1S/C9H18O2S.CH4/c1-3-4-5-6-7-8-9-12(10)11-2;/h3H,1,4-9H2,2H3;1H4. The molecule has 0 bridgehead atoms. The van der Waals surface area contributed by atoms with Crippen molar-refractivity contribution in [2.75, 3.05) is 12.9 Å². The van der Waals surface area contributed by atoms with Gasteiger partial charge in [-0.2, -0.15) is 0 Å². The summed E-state index contributed by atoms with van der Waals surface area (Å²) in [6, 6.07) is 0. The molecule has 0 amide bonds. The van der Waals surface area contributed by atoms with E-state index >= 15 is 0 Å². The summed E-state index contributed by atoms with van der Waals surface area (Å²) < 4.78 is 15.4. The van der Waals surface area contributed by atoms with Gasteiger partial charge in [0.25, 0.3) is 0 Å². The lowest BCUT2D eigenvalue weighted by Gasteiger charge is -1.98. The van der Waals surface area contributed by atoms with Gasteiger partial charge in [-0.1, -0.05) is 26.3 Å². The van der Waals surface area contributed by atoms with Gasteiger partial charge in [0, 0.05) is 5.75 Å². The molecule has 0 heterocycles. The molecule has 0 aliphatic rings. The minimum Gasteiger partial charge on any atom is -0.294 e. The molecule has 0 aromatic carbocycles. The molecule has 3 heteroatoms. The van der Waals surface area contributed by atoms with Gasteiger partial charge in [0.15, 0.2) is 11.1 Å². The minimum atomic E-state index is -1.05. The van der Waals surface area contributed by atoms with Gasteiger partial charge < -0.3 is 0 Å². The highest BCUT2D eigenvalue weighted by atomic mass is 32.2. The lowest BCUT2D eigenvalue weighted by Crippen LogP contribution is -1.98. The molecule has 0 rings (SSSR count). The van der Waals surface area contributed by atoms with Crippen LogP contribution in [-0.4, -0.2) is 17.1 Å². The predicted octanol–water partition coefficient (Wildman–Crippen LogP) is 3.07. The molecule has 0 spiro atoms. The van der Waals surface area contributed by atoms with Crippen LogP contribution in [0.25, 0.3) is 0 Å². The van der Waals surface area contributed by atoms with Crippen LogP contribution >= 0.6 is 0 Å². The van der Waals surface area contributed by atoms with Crippen LogP contribution < -0.4 is 0 Å². The van der Waals surface area contributed by atoms with E-state index in [4.69, 9.17) is 0 Å². The molecule has 0 saturated heterocycles. The largest absolute Gasteiger partial charge is 0.294 e. The van der Waals surface area contributed by atoms with Gasteiger partial charge in [-0.3, -0.25) is 4.18 Å². The van der Waals surface area contributed by atoms with Crippen molar-refractivity contribution in [1.82, 2.24) is 0 Å². The van der Waals surface area contributed by atoms with Crippen LogP contribution in [0.4, 0.5) is 0 Å². The molecule has 0 aliphatic heterocycles. The molecular formula is C10H22O2S. The molecule has 80 valence electrons. The lowest BCUT2D eigenvalue weighted by molar-refractivity contribution is 0.444. The smallest absolute Gasteiger partial charge is 0.155 e. The van der Waals surface area contributed by atoms with Crippen LogP contribution in [0, 0.1) is 0 Å². The molecular weight excluding hydrogens is 184 g/mol. The number of unbranched alkanes of at least 4 members (excludes halogenated alkanes) is 4. The fourth-order valence-electron chi connectivity index (χ4n) is 0.945. The van der Waals surface area contributed by atoms with Crippen molar-refractivity contribution in [1.29, 1.82) is 0 Å². The average molecular weight is 206 g/mol. The maximum Gasteiger partial charge on any atom is 0.155 e. The van der Waals surface area contributed by atoms with Gasteiger partial charge in [-0.25, -0.2) is 4.21 Å². The molecule has 0 aliphatic carbocycles. The third kappa shape index (κ3) is 11.9. The summed E-state index contributed by atoms with van der Waals surface area (Å²) >= 11 is -1.05. The fourth-order valence-corrected chi connectivity index (χ4v) is 1.55. The SMILES string of the molecule is C.C=CCCCCCCS(=O)OC. The molecule has 0 aromatic heterocycles. The molecule has 1 unspecified atom stereocenters. The zero-order valence-electron chi connectivity index (χ0n) is 7.75. The zero-order chi connectivity index (χ0) is 9.23. The summed E-state index contributed by atoms with van der Waals surface area (Å²) in [7, 11) is 1.48. The molecule has 0 radical (unpaired) electrons. The summed E-state index contributed by atoms with van der Waals surface area (Å²) in [5.41, 5.74) is 0. The average Bonchev–Trinajstić information content (AvgIpc) is 2.10. The maximum absolute atomic E-state index is 10.8. The van der Waals surface area contributed by atoms with Crippen molar-refractivity contribution >= 4 is 11.1 Å². The first kappa shape index (κ1) is 15.3. The molecule has 0 aromatic rings. The Bertz CT molecular complexity index is 135. The number of rotatable bonds is 8. The van der Waals surface area contributed by atoms with Gasteiger partial charge in [-0.05, 0) is 19.3 Å². The van der Waals surface area contributed by atoms with Crippen molar-refractivity contribution in [2.24, 2.45) is 0 Å². The highest BCUT2D eigenvalue weighted by Gasteiger charge is 1.95. The van der Waals surface area contributed by atoms with E-state index in [-0.39, 0.29) is 7.43 Å². The highest BCUT2D eigenvalue weighted by Crippen LogP contribution is 2.03. The third-order valence-electron chi connectivity index (χ3n) is 1.66. The number of hydrogen-bond acceptors (Lipinski definition) is 2. The molecule has 0 N–H and O–H groups in total. The van der Waals surface area contributed by atoms with Crippen molar-refractivity contribution < 1.29 is 8.39 Å². The Morgan fingerprint density at radius 2 is 1.92 bits per heavy atom. The summed E-state index contributed by atoms with van der Waals surface area (Å²) in [6.45, 7) is 3.65. The Morgan fingerprint density at radius 1 is 1.31 bits per heavy atom. The first-order chi connectivity index (χ1) is 5.81. The second kappa shape index (κ2) is 11.8. The Balaban J connectivity index is 0. The van der Waals surface area contributed by atoms with Gasteiger partial charge in [0.05, 0.1) is 7.11 Å².